The third-order valence-electron chi connectivity index (χ3n) is 6.04. The molecule has 184 valence electrons. The van der Waals surface area contributed by atoms with E-state index in [-0.39, 0.29) is 18.4 Å². The molecule has 2 amide bonds. The highest BCUT2D eigenvalue weighted by molar-refractivity contribution is 6.35. The Labute approximate surface area is 218 Å². The van der Waals surface area contributed by atoms with Crippen LogP contribution >= 0.6 is 23.2 Å². The number of rotatable bonds is 11. The lowest BCUT2D eigenvalue weighted by molar-refractivity contribution is -0.141. The number of benzene rings is 3. The first-order valence-corrected chi connectivity index (χ1v) is 12.8. The van der Waals surface area contributed by atoms with Crippen molar-refractivity contribution in [2.45, 2.75) is 52.1 Å². The topological polar surface area (TPSA) is 49.4 Å². The van der Waals surface area contributed by atoms with Gasteiger partial charge < -0.3 is 10.2 Å². The molecular formula is C29H32Cl2N2O2. The summed E-state index contributed by atoms with van der Waals surface area (Å²) in [6.45, 7) is 4.70. The molecule has 0 saturated heterocycles. The van der Waals surface area contributed by atoms with E-state index in [9.17, 15) is 9.59 Å². The number of nitrogens with one attached hydrogen (secondary N) is 1. The van der Waals surface area contributed by atoms with Crippen molar-refractivity contribution in [3.8, 4) is 0 Å². The number of nitrogens with zero attached hydrogens (tertiary/aromatic N) is 1. The summed E-state index contributed by atoms with van der Waals surface area (Å²) in [5, 5.41) is 3.91. The third kappa shape index (κ3) is 7.84. The van der Waals surface area contributed by atoms with E-state index in [1.165, 1.54) is 5.56 Å². The lowest BCUT2D eigenvalue weighted by Crippen LogP contribution is -2.50. The van der Waals surface area contributed by atoms with E-state index in [4.69, 9.17) is 23.2 Å². The number of carbonyl (C=O) groups excluding carboxylic acids is 2. The van der Waals surface area contributed by atoms with Gasteiger partial charge >= 0.3 is 0 Å². The Morgan fingerprint density at radius 3 is 2.20 bits per heavy atom. The quantitative estimate of drug-likeness (QED) is 0.330. The van der Waals surface area contributed by atoms with Crippen molar-refractivity contribution in [2.24, 2.45) is 0 Å². The number of hydrogen-bond donors (Lipinski definition) is 1. The van der Waals surface area contributed by atoms with E-state index in [1.54, 1.807) is 17.0 Å². The minimum Gasteiger partial charge on any atom is -0.355 e. The molecule has 0 bridgehead atoms. The second kappa shape index (κ2) is 13.3. The van der Waals surface area contributed by atoms with Gasteiger partial charge in [0.25, 0.3) is 0 Å². The zero-order valence-electron chi connectivity index (χ0n) is 20.3. The molecule has 0 heterocycles. The molecule has 0 aliphatic heterocycles. The predicted molar refractivity (Wildman–Crippen MR) is 144 cm³/mol. The van der Waals surface area contributed by atoms with Crippen LogP contribution in [0.3, 0.4) is 0 Å². The number of carbonyl (C=O) groups is 2. The third-order valence-corrected chi connectivity index (χ3v) is 6.62. The molecular weight excluding hydrogens is 479 g/mol. The molecule has 0 saturated carbocycles. The number of aryl methyl sites for hydroxylation is 2. The number of amides is 2. The molecule has 0 aliphatic rings. The van der Waals surface area contributed by atoms with Crippen molar-refractivity contribution in [3.05, 3.63) is 105 Å². The summed E-state index contributed by atoms with van der Waals surface area (Å²) in [5.74, 6) is -0.273. The van der Waals surface area contributed by atoms with Gasteiger partial charge in [0.1, 0.15) is 6.04 Å². The Kier molecular flexibility index (Phi) is 10.2. The lowest BCUT2D eigenvalue weighted by Gasteiger charge is -2.32. The molecule has 0 radical (unpaired) electrons. The standard InChI is InChI=1S/C29H32Cl2N2O2/c1-3-21-10-12-22(13-11-21)14-17-28(34)33(20-24-15-16-25(30)19-26(24)31)27(29(35)32-4-2)18-23-8-6-5-7-9-23/h5-13,15-16,19,27H,3-4,14,17-18,20H2,1-2H3,(H,32,35)/t27-/m0/s1. The number of likely N-dealkylation sites (N-methyl/N-ethyl adjacent to an activating group) is 1. The van der Waals surface area contributed by atoms with Crippen molar-refractivity contribution in [2.75, 3.05) is 6.54 Å². The van der Waals surface area contributed by atoms with Crippen LogP contribution in [0.25, 0.3) is 0 Å². The molecule has 1 atom stereocenters. The van der Waals surface area contributed by atoms with Crippen LogP contribution in [0.1, 0.15) is 42.5 Å². The first kappa shape index (κ1) is 26.8. The summed E-state index contributed by atoms with van der Waals surface area (Å²) in [6, 6.07) is 22.6. The molecule has 0 aromatic heterocycles. The summed E-state index contributed by atoms with van der Waals surface area (Å²) >= 11 is 12.6. The Morgan fingerprint density at radius 2 is 1.57 bits per heavy atom. The largest absolute Gasteiger partial charge is 0.355 e. The minimum atomic E-state index is -0.668. The average Bonchev–Trinajstić information content (AvgIpc) is 2.87. The fraction of sp³-hybridized carbons (Fsp3) is 0.310. The van der Waals surface area contributed by atoms with Gasteiger partial charge in [-0.05, 0) is 54.2 Å². The highest BCUT2D eigenvalue weighted by Gasteiger charge is 2.30. The van der Waals surface area contributed by atoms with Crippen molar-refractivity contribution >= 4 is 35.0 Å². The van der Waals surface area contributed by atoms with Crippen LogP contribution in [0.15, 0.2) is 72.8 Å². The second-order valence-electron chi connectivity index (χ2n) is 8.53. The van der Waals surface area contributed by atoms with Gasteiger partial charge in [0, 0.05) is 36.0 Å². The maximum Gasteiger partial charge on any atom is 0.243 e. The Morgan fingerprint density at radius 1 is 0.886 bits per heavy atom. The van der Waals surface area contributed by atoms with E-state index < -0.39 is 6.04 Å². The van der Waals surface area contributed by atoms with Crippen molar-refractivity contribution in [1.29, 1.82) is 0 Å². The van der Waals surface area contributed by atoms with Crippen LogP contribution in [0.5, 0.6) is 0 Å². The van der Waals surface area contributed by atoms with Gasteiger partial charge in [-0.15, -0.1) is 0 Å². The molecule has 3 aromatic rings. The molecule has 0 unspecified atom stereocenters. The molecule has 0 fully saturated rings. The van der Waals surface area contributed by atoms with Crippen LogP contribution in [0, 0.1) is 0 Å². The highest BCUT2D eigenvalue weighted by atomic mass is 35.5. The molecule has 35 heavy (non-hydrogen) atoms. The maximum absolute atomic E-state index is 13.6. The normalized spacial score (nSPS) is 11.7. The number of halogens is 2. The van der Waals surface area contributed by atoms with Gasteiger partial charge in [-0.1, -0.05) is 90.8 Å². The van der Waals surface area contributed by atoms with Crippen LogP contribution in [-0.4, -0.2) is 29.3 Å². The van der Waals surface area contributed by atoms with Crippen LogP contribution in [0.2, 0.25) is 10.0 Å². The van der Waals surface area contributed by atoms with Crippen molar-refractivity contribution in [1.82, 2.24) is 10.2 Å². The zero-order chi connectivity index (χ0) is 25.2. The first-order valence-electron chi connectivity index (χ1n) is 12.0. The van der Waals surface area contributed by atoms with E-state index in [0.717, 1.165) is 23.1 Å². The monoisotopic (exact) mass is 510 g/mol. The first-order chi connectivity index (χ1) is 16.9. The maximum atomic E-state index is 13.6. The van der Waals surface area contributed by atoms with Crippen LogP contribution < -0.4 is 5.32 Å². The average molecular weight is 511 g/mol. The van der Waals surface area contributed by atoms with Gasteiger partial charge in [-0.2, -0.15) is 0 Å². The molecule has 6 heteroatoms. The van der Waals surface area contributed by atoms with Gasteiger partial charge in [0.2, 0.25) is 11.8 Å². The van der Waals surface area contributed by atoms with Crippen LogP contribution in [0.4, 0.5) is 0 Å². The predicted octanol–water partition coefficient (Wildman–Crippen LogP) is 6.26. The van der Waals surface area contributed by atoms with Crippen molar-refractivity contribution in [3.63, 3.8) is 0 Å². The second-order valence-corrected chi connectivity index (χ2v) is 9.37. The molecule has 1 N–H and O–H groups in total. The Balaban J connectivity index is 1.89. The molecule has 0 aliphatic carbocycles. The molecule has 3 aromatic carbocycles. The molecule has 3 rings (SSSR count). The van der Waals surface area contributed by atoms with E-state index in [2.05, 4.69) is 36.5 Å². The van der Waals surface area contributed by atoms with E-state index >= 15 is 0 Å². The highest BCUT2D eigenvalue weighted by Crippen LogP contribution is 2.24. The minimum absolute atomic E-state index is 0.0947. The Hall–Kier alpha value is -2.82. The summed E-state index contributed by atoms with van der Waals surface area (Å²) in [5.41, 5.74) is 4.09. The fourth-order valence-corrected chi connectivity index (χ4v) is 4.48. The SMILES string of the molecule is CCNC(=O)[C@H](Cc1ccccc1)N(Cc1ccc(Cl)cc1Cl)C(=O)CCc1ccc(CC)cc1. The fourth-order valence-electron chi connectivity index (χ4n) is 4.02. The van der Waals surface area contributed by atoms with E-state index in [1.807, 2.05) is 43.3 Å². The van der Waals surface area contributed by atoms with Crippen molar-refractivity contribution < 1.29 is 9.59 Å². The van der Waals surface area contributed by atoms with Gasteiger partial charge in [-0.25, -0.2) is 0 Å². The smallest absolute Gasteiger partial charge is 0.243 e. The Bertz CT molecular complexity index is 1120. The number of hydrogen-bond acceptors (Lipinski definition) is 2. The zero-order valence-corrected chi connectivity index (χ0v) is 21.8. The lowest BCUT2D eigenvalue weighted by atomic mass is 10.0. The van der Waals surface area contributed by atoms with Gasteiger partial charge in [0.05, 0.1) is 0 Å². The molecule has 4 nitrogen and oxygen atoms in total. The van der Waals surface area contributed by atoms with Gasteiger partial charge in [-0.3, -0.25) is 9.59 Å². The van der Waals surface area contributed by atoms with Crippen LogP contribution in [-0.2, 0) is 35.4 Å². The summed E-state index contributed by atoms with van der Waals surface area (Å²) < 4.78 is 0. The summed E-state index contributed by atoms with van der Waals surface area (Å²) in [7, 11) is 0. The van der Waals surface area contributed by atoms with E-state index in [0.29, 0.717) is 35.9 Å². The van der Waals surface area contributed by atoms with Gasteiger partial charge in [0.15, 0.2) is 0 Å². The summed E-state index contributed by atoms with van der Waals surface area (Å²) in [4.78, 5) is 28.5. The molecule has 0 spiro atoms. The summed E-state index contributed by atoms with van der Waals surface area (Å²) in [6.07, 6.45) is 2.28.